The van der Waals surface area contributed by atoms with Crippen LogP contribution in [0.15, 0.2) is 36.6 Å². The molecule has 3 rings (SSSR count). The fourth-order valence-corrected chi connectivity index (χ4v) is 4.83. The molecular formula is C11H13O4P. The second-order valence-corrected chi connectivity index (χ2v) is 7.35. The number of allylic oxidation sites excluding steroid dienone is 1. The molecule has 1 atom stereocenters. The van der Waals surface area contributed by atoms with Crippen molar-refractivity contribution in [3.05, 3.63) is 36.6 Å². The molecule has 4 nitrogen and oxygen atoms in total. The number of benzene rings is 1. The van der Waals surface area contributed by atoms with Crippen LogP contribution in [-0.4, -0.2) is 12.8 Å². The summed E-state index contributed by atoms with van der Waals surface area (Å²) in [5.41, 5.74) is -0.0385. The first-order valence-electron chi connectivity index (χ1n) is 5.11. The standard InChI is InChI=1S/C11H13O4P/c1-9-7-8-13-16(9,12-2)14-10-5-3-4-6-11(10)15-16/h3-9H,1-2H3. The summed E-state index contributed by atoms with van der Waals surface area (Å²) in [6, 6.07) is 7.49. The van der Waals surface area contributed by atoms with Crippen molar-refractivity contribution in [1.82, 2.24) is 0 Å². The first-order chi connectivity index (χ1) is 7.68. The van der Waals surface area contributed by atoms with Crippen LogP contribution in [0, 0.1) is 0 Å². The van der Waals surface area contributed by atoms with E-state index in [1.54, 1.807) is 13.4 Å². The molecule has 86 valence electrons. The van der Waals surface area contributed by atoms with Gasteiger partial charge in [-0.2, -0.15) is 0 Å². The number of fused-ring (bicyclic) bond motifs is 1. The van der Waals surface area contributed by atoms with E-state index in [9.17, 15) is 0 Å². The molecule has 1 unspecified atom stereocenters. The van der Waals surface area contributed by atoms with E-state index in [1.807, 2.05) is 37.3 Å². The summed E-state index contributed by atoms with van der Waals surface area (Å²) in [6.07, 6.45) is 3.49. The molecule has 1 aromatic carbocycles. The molecule has 0 saturated carbocycles. The quantitative estimate of drug-likeness (QED) is 0.706. The summed E-state index contributed by atoms with van der Waals surface area (Å²) < 4.78 is 23.0. The van der Waals surface area contributed by atoms with Crippen LogP contribution >= 0.6 is 7.51 Å². The molecule has 0 aliphatic carbocycles. The van der Waals surface area contributed by atoms with E-state index in [4.69, 9.17) is 18.1 Å². The summed E-state index contributed by atoms with van der Waals surface area (Å²) in [7, 11) is -1.93. The number of hydrogen-bond donors (Lipinski definition) is 0. The van der Waals surface area contributed by atoms with Gasteiger partial charge in [0, 0.05) is 0 Å². The zero-order valence-corrected chi connectivity index (χ0v) is 10.0. The first kappa shape index (κ1) is 9.94. The minimum absolute atomic E-state index is 0.0385. The van der Waals surface area contributed by atoms with Crippen LogP contribution in [0.5, 0.6) is 11.5 Å². The SMILES string of the molecule is COP12(OC=CC1C)Oc1ccccc1O2. The summed E-state index contributed by atoms with van der Waals surface area (Å²) in [5.74, 6) is 1.36. The second-order valence-electron chi connectivity index (χ2n) is 3.86. The van der Waals surface area contributed by atoms with E-state index < -0.39 is 7.51 Å². The normalized spacial score (nSPS) is 29.6. The molecule has 0 bridgehead atoms. The fraction of sp³-hybridized carbons (Fsp3) is 0.273. The van der Waals surface area contributed by atoms with Crippen molar-refractivity contribution in [2.24, 2.45) is 0 Å². The summed E-state index contributed by atoms with van der Waals surface area (Å²) in [6.45, 7) is 1.97. The second kappa shape index (κ2) is 2.90. The molecule has 0 aromatic heterocycles. The molecule has 2 aliphatic rings. The Kier molecular flexibility index (Phi) is 1.80. The molecule has 5 heteroatoms. The number of para-hydroxylation sites is 2. The Bertz CT molecular complexity index is 446. The van der Waals surface area contributed by atoms with Crippen molar-refractivity contribution in [2.45, 2.75) is 12.6 Å². The third kappa shape index (κ3) is 1.01. The third-order valence-electron chi connectivity index (χ3n) is 2.98. The van der Waals surface area contributed by atoms with Gasteiger partial charge >= 0.3 is 93.4 Å². The van der Waals surface area contributed by atoms with Crippen molar-refractivity contribution in [3.8, 4) is 11.5 Å². The predicted molar refractivity (Wildman–Crippen MR) is 61.3 cm³/mol. The molecule has 16 heavy (non-hydrogen) atoms. The average molecular weight is 240 g/mol. The van der Waals surface area contributed by atoms with E-state index in [0.29, 0.717) is 11.5 Å². The Morgan fingerprint density at radius 2 is 1.81 bits per heavy atom. The molecule has 1 aromatic rings. The maximum atomic E-state index is 5.91. The molecule has 0 N–H and O–H groups in total. The maximum absolute atomic E-state index is 5.91. The summed E-state index contributed by atoms with van der Waals surface area (Å²) >= 11 is 0. The van der Waals surface area contributed by atoms with Gasteiger partial charge in [-0.3, -0.25) is 0 Å². The van der Waals surface area contributed by atoms with Gasteiger partial charge in [-0.05, 0) is 0 Å². The molecule has 0 fully saturated rings. The minimum atomic E-state index is -3.49. The number of rotatable bonds is 1. The van der Waals surface area contributed by atoms with Gasteiger partial charge in [0.15, 0.2) is 0 Å². The molecule has 2 heterocycles. The molecule has 1 spiro atoms. The van der Waals surface area contributed by atoms with Gasteiger partial charge in [-0.1, -0.05) is 0 Å². The Morgan fingerprint density at radius 1 is 1.19 bits per heavy atom. The van der Waals surface area contributed by atoms with Gasteiger partial charge in [0.25, 0.3) is 0 Å². The molecule has 2 aliphatic heterocycles. The molecular weight excluding hydrogens is 227 g/mol. The first-order valence-corrected chi connectivity index (χ1v) is 7.09. The van der Waals surface area contributed by atoms with E-state index in [0.717, 1.165) is 0 Å². The van der Waals surface area contributed by atoms with Crippen LogP contribution in [0.4, 0.5) is 0 Å². The van der Waals surface area contributed by atoms with E-state index in [1.165, 1.54) is 0 Å². The van der Waals surface area contributed by atoms with Crippen LogP contribution in [0.25, 0.3) is 0 Å². The van der Waals surface area contributed by atoms with Gasteiger partial charge in [-0.15, -0.1) is 0 Å². The monoisotopic (exact) mass is 240 g/mol. The summed E-state index contributed by atoms with van der Waals surface area (Å²) in [4.78, 5) is 0. The average Bonchev–Trinajstić information content (AvgIpc) is 2.80. The van der Waals surface area contributed by atoms with Crippen LogP contribution in [-0.2, 0) is 9.05 Å². The van der Waals surface area contributed by atoms with Crippen LogP contribution in [0.1, 0.15) is 6.92 Å². The summed E-state index contributed by atoms with van der Waals surface area (Å²) in [5, 5.41) is 0. The number of hydrogen-bond acceptors (Lipinski definition) is 4. The molecule has 0 amide bonds. The van der Waals surface area contributed by atoms with E-state index in [-0.39, 0.29) is 5.66 Å². The Balaban J connectivity index is 2.10. The van der Waals surface area contributed by atoms with Crippen molar-refractivity contribution in [3.63, 3.8) is 0 Å². The van der Waals surface area contributed by atoms with Gasteiger partial charge in [0.1, 0.15) is 0 Å². The van der Waals surface area contributed by atoms with Crippen LogP contribution < -0.4 is 9.05 Å². The van der Waals surface area contributed by atoms with E-state index in [2.05, 4.69) is 0 Å². The van der Waals surface area contributed by atoms with Gasteiger partial charge < -0.3 is 0 Å². The van der Waals surface area contributed by atoms with E-state index >= 15 is 0 Å². The van der Waals surface area contributed by atoms with Gasteiger partial charge in [0.05, 0.1) is 0 Å². The van der Waals surface area contributed by atoms with Crippen LogP contribution in [0.3, 0.4) is 0 Å². The topological polar surface area (TPSA) is 36.9 Å². The van der Waals surface area contributed by atoms with Crippen molar-refractivity contribution in [1.29, 1.82) is 0 Å². The zero-order chi connectivity index (χ0) is 11.3. The van der Waals surface area contributed by atoms with Gasteiger partial charge in [-0.25, -0.2) is 0 Å². The Labute approximate surface area is 94.0 Å². The fourth-order valence-electron chi connectivity index (χ4n) is 1.96. The zero-order valence-electron chi connectivity index (χ0n) is 9.12. The Morgan fingerprint density at radius 3 is 2.25 bits per heavy atom. The molecule has 0 radical (unpaired) electrons. The third-order valence-corrected chi connectivity index (χ3v) is 6.69. The van der Waals surface area contributed by atoms with Crippen molar-refractivity contribution >= 4 is 7.51 Å². The van der Waals surface area contributed by atoms with Crippen molar-refractivity contribution < 1.29 is 18.1 Å². The molecule has 0 saturated heterocycles. The van der Waals surface area contributed by atoms with Gasteiger partial charge in [0.2, 0.25) is 0 Å². The predicted octanol–water partition coefficient (Wildman–Crippen LogP) is 3.25. The Hall–Kier alpha value is -1.25. The van der Waals surface area contributed by atoms with Crippen LogP contribution in [0.2, 0.25) is 0 Å². The van der Waals surface area contributed by atoms with Crippen molar-refractivity contribution in [2.75, 3.05) is 7.11 Å².